The van der Waals surface area contributed by atoms with Crippen LogP contribution in [0.15, 0.2) is 29.2 Å². The zero-order chi connectivity index (χ0) is 18.2. The van der Waals surface area contributed by atoms with Gasteiger partial charge in [-0.3, -0.25) is 0 Å². The van der Waals surface area contributed by atoms with Crippen molar-refractivity contribution in [1.29, 1.82) is 0 Å². The van der Waals surface area contributed by atoms with Gasteiger partial charge in [-0.25, -0.2) is 17.6 Å². The van der Waals surface area contributed by atoms with E-state index in [1.54, 1.807) is 67.8 Å². The molecule has 0 spiro atoms. The first-order valence-electron chi connectivity index (χ1n) is 5.86. The highest BCUT2D eigenvalue weighted by molar-refractivity contribution is 14.1. The number of rotatable bonds is 3. The van der Waals surface area contributed by atoms with Crippen LogP contribution in [0.25, 0.3) is 0 Å². The molecular weight excluding hydrogens is 684 g/mol. The fraction of sp³-hybridized carbons (Fsp3) is 0. The zero-order valence-corrected chi connectivity index (χ0v) is 18.5. The summed E-state index contributed by atoms with van der Waals surface area (Å²) < 4.78 is 53.0. The van der Waals surface area contributed by atoms with Crippen molar-refractivity contribution in [3.05, 3.63) is 46.4 Å². The van der Waals surface area contributed by atoms with Gasteiger partial charge in [-0.15, -0.1) is 0 Å². The SMILES string of the molecule is O=C(Oc1c(I)cc(I)c(S(=O)(=O)[O-])c1I)c1cc(F)ccc1O. The van der Waals surface area contributed by atoms with Crippen LogP contribution in [0.5, 0.6) is 11.5 Å². The molecule has 0 aliphatic heterocycles. The van der Waals surface area contributed by atoms with Gasteiger partial charge in [0, 0.05) is 3.57 Å². The van der Waals surface area contributed by atoms with E-state index in [9.17, 15) is 27.3 Å². The van der Waals surface area contributed by atoms with Gasteiger partial charge in [-0.1, -0.05) is 0 Å². The highest BCUT2D eigenvalue weighted by Gasteiger charge is 2.23. The molecule has 128 valence electrons. The second-order valence-corrected chi connectivity index (χ2v) is 9.04. The molecule has 0 saturated heterocycles. The number of phenols is 1. The molecule has 0 aliphatic carbocycles. The Kier molecular flexibility index (Phi) is 6.31. The molecule has 0 unspecified atom stereocenters. The number of carbonyl (C=O) groups is 1. The third-order valence-corrected chi connectivity index (χ3v) is 7.05. The predicted molar refractivity (Wildman–Crippen MR) is 106 cm³/mol. The molecule has 0 amide bonds. The van der Waals surface area contributed by atoms with Crippen LogP contribution >= 0.6 is 67.8 Å². The van der Waals surface area contributed by atoms with E-state index in [1.165, 1.54) is 6.07 Å². The number of phenolic OH excluding ortho intramolecular Hbond substituents is 1. The number of hydrogen-bond donors (Lipinski definition) is 1. The second-order valence-electron chi connectivity index (χ2n) is 4.32. The lowest BCUT2D eigenvalue weighted by Gasteiger charge is -2.16. The molecule has 2 aromatic rings. The summed E-state index contributed by atoms with van der Waals surface area (Å²) in [5.74, 6) is -2.49. The number of hydrogen-bond acceptors (Lipinski definition) is 6. The summed E-state index contributed by atoms with van der Waals surface area (Å²) in [6.07, 6.45) is 0. The van der Waals surface area contributed by atoms with Gasteiger partial charge in [0.05, 0.1) is 12.0 Å². The van der Waals surface area contributed by atoms with E-state index in [0.717, 1.165) is 18.2 Å². The lowest BCUT2D eigenvalue weighted by atomic mass is 10.2. The van der Waals surface area contributed by atoms with Crippen LogP contribution in [0.2, 0.25) is 0 Å². The molecular formula is C13H5FI3O6S-. The van der Waals surface area contributed by atoms with Crippen molar-refractivity contribution >= 4 is 83.9 Å². The summed E-state index contributed by atoms with van der Waals surface area (Å²) in [5.41, 5.74) is -0.424. The standard InChI is InChI=1S/C13H6FI3O6S/c14-5-1-2-9(18)6(3-5)13(19)23-11-7(15)4-8(16)12(10(11)17)24(20,21)22/h1-4,18H,(H,20,21,22)/p-1. The van der Waals surface area contributed by atoms with Gasteiger partial charge < -0.3 is 14.4 Å². The summed E-state index contributed by atoms with van der Waals surface area (Å²) in [6.45, 7) is 0. The lowest BCUT2D eigenvalue weighted by molar-refractivity contribution is 0.0727. The van der Waals surface area contributed by atoms with E-state index >= 15 is 0 Å². The van der Waals surface area contributed by atoms with Gasteiger partial charge in [-0.2, -0.15) is 0 Å². The lowest BCUT2D eigenvalue weighted by Crippen LogP contribution is -2.13. The minimum absolute atomic E-state index is 0.0665. The Labute approximate surface area is 177 Å². The van der Waals surface area contributed by atoms with Gasteiger partial charge in [0.2, 0.25) is 0 Å². The Morgan fingerprint density at radius 3 is 2.38 bits per heavy atom. The first-order valence-corrected chi connectivity index (χ1v) is 10.5. The van der Waals surface area contributed by atoms with Crippen molar-refractivity contribution in [2.24, 2.45) is 0 Å². The van der Waals surface area contributed by atoms with Gasteiger partial charge in [0.15, 0.2) is 5.75 Å². The predicted octanol–water partition coefficient (Wildman–Crippen LogP) is 3.47. The molecule has 0 aliphatic rings. The molecule has 0 atom stereocenters. The Morgan fingerprint density at radius 1 is 1.17 bits per heavy atom. The van der Waals surface area contributed by atoms with Crippen molar-refractivity contribution in [3.8, 4) is 11.5 Å². The maximum Gasteiger partial charge on any atom is 0.347 e. The van der Waals surface area contributed by atoms with Crippen molar-refractivity contribution in [2.45, 2.75) is 4.90 Å². The highest BCUT2D eigenvalue weighted by atomic mass is 127. The Bertz CT molecular complexity index is 945. The second kappa shape index (κ2) is 7.55. The molecule has 24 heavy (non-hydrogen) atoms. The quantitative estimate of drug-likeness (QED) is 0.230. The van der Waals surface area contributed by atoms with E-state index < -0.39 is 38.1 Å². The molecule has 2 aromatic carbocycles. The number of carbonyl (C=O) groups excluding carboxylic acids is 1. The Balaban J connectivity index is 2.54. The van der Waals surface area contributed by atoms with Gasteiger partial charge in [-0.05, 0) is 92.0 Å². The monoisotopic (exact) mass is 689 g/mol. The summed E-state index contributed by atoms with van der Waals surface area (Å²) >= 11 is 5.08. The molecule has 6 nitrogen and oxygen atoms in total. The van der Waals surface area contributed by atoms with Crippen LogP contribution in [0, 0.1) is 16.5 Å². The maximum absolute atomic E-state index is 13.2. The van der Waals surface area contributed by atoms with Crippen molar-refractivity contribution in [1.82, 2.24) is 0 Å². The number of benzene rings is 2. The average Bonchev–Trinajstić information content (AvgIpc) is 2.44. The molecule has 11 heteroatoms. The van der Waals surface area contributed by atoms with E-state index in [0.29, 0.717) is 3.57 Å². The largest absolute Gasteiger partial charge is 0.744 e. The average molecular weight is 689 g/mol. The molecule has 0 heterocycles. The Hall–Kier alpha value is -0.260. The third-order valence-electron chi connectivity index (χ3n) is 2.71. The third kappa shape index (κ3) is 4.28. The number of esters is 1. The maximum atomic E-state index is 13.2. The summed E-state index contributed by atoms with van der Waals surface area (Å²) in [6, 6.07) is 4.10. The topological polar surface area (TPSA) is 104 Å². The van der Waals surface area contributed by atoms with E-state index in [2.05, 4.69) is 0 Å². The van der Waals surface area contributed by atoms with Crippen LogP contribution in [-0.4, -0.2) is 24.0 Å². The van der Waals surface area contributed by atoms with Crippen LogP contribution in [0.4, 0.5) is 4.39 Å². The number of ether oxygens (including phenoxy) is 1. The summed E-state index contributed by atoms with van der Waals surface area (Å²) in [4.78, 5) is 11.6. The van der Waals surface area contributed by atoms with Crippen LogP contribution in [0.3, 0.4) is 0 Å². The minimum Gasteiger partial charge on any atom is -0.744 e. The van der Waals surface area contributed by atoms with Crippen molar-refractivity contribution in [2.75, 3.05) is 0 Å². The summed E-state index contributed by atoms with van der Waals surface area (Å²) in [5, 5.41) is 9.63. The van der Waals surface area contributed by atoms with Crippen LogP contribution in [0.1, 0.15) is 10.4 Å². The normalized spacial score (nSPS) is 11.4. The van der Waals surface area contributed by atoms with Gasteiger partial charge in [0.25, 0.3) is 0 Å². The molecule has 0 aromatic heterocycles. The number of halogens is 4. The fourth-order valence-electron chi connectivity index (χ4n) is 1.70. The van der Waals surface area contributed by atoms with E-state index in [4.69, 9.17) is 4.74 Å². The molecule has 0 saturated carbocycles. The Morgan fingerprint density at radius 2 is 1.79 bits per heavy atom. The summed E-state index contributed by atoms with van der Waals surface area (Å²) in [7, 11) is -4.79. The smallest absolute Gasteiger partial charge is 0.347 e. The molecule has 0 bridgehead atoms. The first kappa shape index (κ1) is 20.1. The molecule has 1 N–H and O–H groups in total. The van der Waals surface area contributed by atoms with Crippen molar-refractivity contribution in [3.63, 3.8) is 0 Å². The van der Waals surface area contributed by atoms with Gasteiger partial charge >= 0.3 is 5.97 Å². The van der Waals surface area contributed by atoms with E-state index in [1.807, 2.05) is 0 Å². The molecule has 2 rings (SSSR count). The fourth-order valence-corrected chi connectivity index (χ4v) is 7.52. The molecule has 0 fully saturated rings. The highest BCUT2D eigenvalue weighted by Crippen LogP contribution is 2.36. The van der Waals surface area contributed by atoms with Gasteiger partial charge in [0.1, 0.15) is 27.2 Å². The first-order chi connectivity index (χ1) is 11.0. The zero-order valence-electron chi connectivity index (χ0n) is 11.2. The number of aromatic hydroxyl groups is 1. The van der Waals surface area contributed by atoms with E-state index in [-0.39, 0.29) is 12.9 Å². The van der Waals surface area contributed by atoms with Crippen LogP contribution < -0.4 is 4.74 Å². The minimum atomic E-state index is -4.79. The van der Waals surface area contributed by atoms with Crippen molar-refractivity contribution < 1.29 is 32.0 Å². The molecule has 0 radical (unpaired) electrons. The van der Waals surface area contributed by atoms with Crippen LogP contribution in [-0.2, 0) is 10.1 Å².